The fourth-order valence-corrected chi connectivity index (χ4v) is 3.73. The zero-order chi connectivity index (χ0) is 29.1. The van der Waals surface area contributed by atoms with Gasteiger partial charge in [-0.15, -0.1) is 11.6 Å². The highest BCUT2D eigenvalue weighted by Crippen LogP contribution is 2.14. The van der Waals surface area contributed by atoms with E-state index in [1.54, 1.807) is 20.3 Å². The molecule has 0 bridgehead atoms. The van der Waals surface area contributed by atoms with Crippen molar-refractivity contribution in [1.29, 1.82) is 0 Å². The van der Waals surface area contributed by atoms with E-state index in [0.29, 0.717) is 24.5 Å². The van der Waals surface area contributed by atoms with Crippen LogP contribution in [0.5, 0.6) is 23.0 Å². The lowest BCUT2D eigenvalue weighted by atomic mass is 10.2. The monoisotopic (exact) mass is 570 g/mol. The van der Waals surface area contributed by atoms with Gasteiger partial charge in [0.1, 0.15) is 11.5 Å². The van der Waals surface area contributed by atoms with E-state index in [2.05, 4.69) is 10.2 Å². The van der Waals surface area contributed by atoms with Gasteiger partial charge in [0, 0.05) is 12.1 Å². The van der Waals surface area contributed by atoms with E-state index in [1.807, 2.05) is 48.5 Å². The first-order chi connectivity index (χ1) is 19.3. The molecule has 2 heterocycles. The number of alkyl halides is 1. The van der Waals surface area contributed by atoms with Crippen LogP contribution in [0.15, 0.2) is 70.3 Å². The number of hydrogen-bond acceptors (Lipinski definition) is 9. The Bertz CT molecular complexity index is 1390. The van der Waals surface area contributed by atoms with Crippen LogP contribution in [0.25, 0.3) is 0 Å². The summed E-state index contributed by atoms with van der Waals surface area (Å²) in [6, 6.07) is 17.8. The molecule has 4 aromatic rings. The summed E-state index contributed by atoms with van der Waals surface area (Å²) in [6.07, 6.45) is 0. The Hall–Kier alpha value is -4.35. The molecular weight excluding hydrogens is 540 g/mol. The minimum absolute atomic E-state index is 0.164. The third kappa shape index (κ3) is 7.84. The van der Waals surface area contributed by atoms with E-state index >= 15 is 0 Å². The fourth-order valence-electron chi connectivity index (χ4n) is 3.60. The predicted molar refractivity (Wildman–Crippen MR) is 150 cm³/mol. The molecule has 0 aliphatic carbocycles. The summed E-state index contributed by atoms with van der Waals surface area (Å²) in [7, 11) is 6.06. The molecular formula is C28H31ClN4O7. The third-order valence-electron chi connectivity index (χ3n) is 5.71. The van der Waals surface area contributed by atoms with Crippen LogP contribution in [0.4, 0.5) is 0 Å². The maximum atomic E-state index is 12.1. The minimum Gasteiger partial charge on any atom is -0.497 e. The first-order valence-electron chi connectivity index (χ1n) is 12.1. The van der Waals surface area contributed by atoms with Gasteiger partial charge in [0.15, 0.2) is 11.5 Å². The number of rotatable bonds is 10. The molecule has 0 unspecified atom stereocenters. The topological polar surface area (TPSA) is 127 Å². The van der Waals surface area contributed by atoms with Crippen molar-refractivity contribution in [2.24, 2.45) is 0 Å². The Morgan fingerprint density at radius 2 is 1.07 bits per heavy atom. The third-order valence-corrected chi connectivity index (χ3v) is 5.98. The molecule has 212 valence electrons. The van der Waals surface area contributed by atoms with E-state index in [9.17, 15) is 9.59 Å². The molecule has 2 aromatic carbocycles. The molecule has 11 nitrogen and oxygen atoms in total. The highest BCUT2D eigenvalue weighted by atomic mass is 35.5. The van der Waals surface area contributed by atoms with Crippen LogP contribution in [0.3, 0.4) is 0 Å². The molecule has 0 saturated heterocycles. The lowest BCUT2D eigenvalue weighted by molar-refractivity contribution is 0.270. The average molecular weight is 571 g/mol. The van der Waals surface area contributed by atoms with Gasteiger partial charge in [-0.25, -0.2) is 9.36 Å². The maximum absolute atomic E-state index is 12.1. The molecule has 2 aromatic heterocycles. The quantitative estimate of drug-likeness (QED) is 0.286. The summed E-state index contributed by atoms with van der Waals surface area (Å²) in [5.74, 6) is 2.14. The molecule has 4 rings (SSSR count). The van der Waals surface area contributed by atoms with Gasteiger partial charge in [0.05, 0.1) is 65.4 Å². The lowest BCUT2D eigenvalue weighted by Gasteiger charge is -2.09. The summed E-state index contributed by atoms with van der Waals surface area (Å²) in [6.45, 7) is 0.399. The van der Waals surface area contributed by atoms with Crippen molar-refractivity contribution in [2.75, 3.05) is 28.4 Å². The van der Waals surface area contributed by atoms with Gasteiger partial charge >= 0.3 is 11.1 Å². The summed E-state index contributed by atoms with van der Waals surface area (Å²) >= 11 is 5.77. The van der Waals surface area contributed by atoms with Crippen LogP contribution in [0.2, 0.25) is 0 Å². The summed E-state index contributed by atoms with van der Waals surface area (Å²) < 4.78 is 22.8. The largest absolute Gasteiger partial charge is 0.497 e. The van der Waals surface area contributed by atoms with Crippen LogP contribution in [-0.4, -0.2) is 53.1 Å². The molecule has 12 heteroatoms. The molecule has 1 N–H and O–H groups in total. The Morgan fingerprint density at radius 3 is 1.43 bits per heavy atom. The summed E-state index contributed by atoms with van der Waals surface area (Å²) in [4.78, 5) is 24.2. The van der Waals surface area contributed by atoms with E-state index < -0.39 is 0 Å². The van der Waals surface area contributed by atoms with Crippen molar-refractivity contribution in [2.45, 2.75) is 25.6 Å². The van der Waals surface area contributed by atoms with Crippen LogP contribution >= 0.6 is 11.6 Å². The minimum atomic E-state index is -0.333. The zero-order valence-electron chi connectivity index (χ0n) is 22.7. The highest BCUT2D eigenvalue weighted by molar-refractivity contribution is 6.16. The molecule has 0 aliphatic rings. The average Bonchev–Trinajstić information content (AvgIpc) is 3.00. The molecule has 0 amide bonds. The number of benzene rings is 2. The van der Waals surface area contributed by atoms with Crippen LogP contribution in [0.1, 0.15) is 22.5 Å². The van der Waals surface area contributed by atoms with Crippen molar-refractivity contribution < 1.29 is 24.1 Å². The van der Waals surface area contributed by atoms with Crippen molar-refractivity contribution in [3.63, 3.8) is 0 Å². The lowest BCUT2D eigenvalue weighted by Crippen LogP contribution is -2.25. The SMILES string of the molecule is COc1ccc(Cn2nc(CCl)cc(OC)c2=O)cc1.COc1ccc(Cn2nc(CO)cc(OC)c2=O)cc1. The number of hydrogen-bond donors (Lipinski definition) is 1. The van der Waals surface area contributed by atoms with Gasteiger partial charge in [-0.05, 0) is 35.4 Å². The molecule has 0 fully saturated rings. The number of halogens is 1. The number of ether oxygens (including phenoxy) is 4. The highest BCUT2D eigenvalue weighted by Gasteiger charge is 2.10. The summed E-state index contributed by atoms with van der Waals surface area (Å²) in [5, 5.41) is 17.4. The van der Waals surface area contributed by atoms with Gasteiger partial charge in [0.25, 0.3) is 0 Å². The van der Waals surface area contributed by atoms with Crippen molar-refractivity contribution in [3.8, 4) is 23.0 Å². The number of aromatic nitrogens is 4. The van der Waals surface area contributed by atoms with Gasteiger partial charge in [-0.2, -0.15) is 10.2 Å². The predicted octanol–water partition coefficient (Wildman–Crippen LogP) is 2.85. The standard InChI is InChI=1S/C14H15ClN2O3.C14H16N2O4/c1-19-12-5-3-10(4-6-12)9-17-14(18)13(20-2)7-11(8-15)16-17;1-19-12-5-3-10(4-6-12)8-16-14(18)13(20-2)7-11(9-17)15-16/h3-7H,8-9H2,1-2H3;3-7,17H,8-9H2,1-2H3. The Labute approximate surface area is 236 Å². The summed E-state index contributed by atoms with van der Waals surface area (Å²) in [5.41, 5.74) is 2.20. The zero-order valence-corrected chi connectivity index (χ0v) is 23.4. The second-order valence-electron chi connectivity index (χ2n) is 8.32. The first-order valence-corrected chi connectivity index (χ1v) is 12.6. The van der Waals surface area contributed by atoms with E-state index in [-0.39, 0.29) is 35.1 Å². The molecule has 0 radical (unpaired) electrons. The van der Waals surface area contributed by atoms with E-state index in [0.717, 1.165) is 22.6 Å². The van der Waals surface area contributed by atoms with Crippen LogP contribution in [-0.2, 0) is 25.6 Å². The second-order valence-corrected chi connectivity index (χ2v) is 8.59. The van der Waals surface area contributed by atoms with Crippen molar-refractivity contribution in [3.05, 3.63) is 104 Å². The van der Waals surface area contributed by atoms with Gasteiger partial charge in [0.2, 0.25) is 0 Å². The van der Waals surface area contributed by atoms with Gasteiger partial charge < -0.3 is 24.1 Å². The number of aliphatic hydroxyl groups excluding tert-OH is 1. The molecule has 0 spiro atoms. The van der Waals surface area contributed by atoms with Gasteiger partial charge in [-0.3, -0.25) is 9.59 Å². The fraction of sp³-hybridized carbons (Fsp3) is 0.286. The van der Waals surface area contributed by atoms with Crippen LogP contribution < -0.4 is 30.1 Å². The van der Waals surface area contributed by atoms with E-state index in [4.69, 9.17) is 35.7 Å². The molecule has 0 aliphatic heterocycles. The number of methoxy groups -OCH3 is 4. The van der Waals surface area contributed by atoms with Crippen LogP contribution in [0, 0.1) is 0 Å². The molecule has 0 atom stereocenters. The Kier molecular flexibility index (Phi) is 11.1. The van der Waals surface area contributed by atoms with Crippen molar-refractivity contribution in [1.82, 2.24) is 19.6 Å². The smallest absolute Gasteiger partial charge is 0.309 e. The Balaban J connectivity index is 0.000000220. The van der Waals surface area contributed by atoms with Gasteiger partial charge in [-0.1, -0.05) is 24.3 Å². The maximum Gasteiger partial charge on any atom is 0.309 e. The second kappa shape index (κ2) is 14.7. The normalized spacial score (nSPS) is 10.3. The Morgan fingerprint density at radius 1 is 0.675 bits per heavy atom. The molecule has 0 saturated carbocycles. The first kappa shape index (κ1) is 30.2. The van der Waals surface area contributed by atoms with E-state index in [1.165, 1.54) is 29.6 Å². The number of nitrogens with zero attached hydrogens (tertiary/aromatic N) is 4. The van der Waals surface area contributed by atoms with Crippen molar-refractivity contribution >= 4 is 11.6 Å². The molecule has 40 heavy (non-hydrogen) atoms. The number of aliphatic hydroxyl groups is 1.